The third kappa shape index (κ3) is 3.71. The SMILES string of the molecule is COc1cc(-c2noc(-c3noc4c3COCC4)n2)ccc1OCCN(C)C. The standard InChI is InChI=1S/C19H22N4O5/c1-23(2)7-9-26-15-5-4-12(10-16(15)24-3)18-20-19(28-22-18)17-13-11-25-8-6-14(13)27-21-17/h4-5,10H,6-9,11H2,1-3H3. The molecule has 148 valence electrons. The van der Waals surface area contributed by atoms with Crippen LogP contribution in [0.5, 0.6) is 11.5 Å². The van der Waals surface area contributed by atoms with Crippen LogP contribution in [0.2, 0.25) is 0 Å². The van der Waals surface area contributed by atoms with Gasteiger partial charge < -0.3 is 28.2 Å². The number of likely N-dealkylation sites (N-methyl/N-ethyl adjacent to an activating group) is 1. The number of benzene rings is 1. The fourth-order valence-corrected chi connectivity index (χ4v) is 2.90. The van der Waals surface area contributed by atoms with Gasteiger partial charge in [-0.1, -0.05) is 10.3 Å². The average Bonchev–Trinajstić information content (AvgIpc) is 3.35. The summed E-state index contributed by atoms with van der Waals surface area (Å²) in [5.41, 5.74) is 2.15. The minimum atomic E-state index is 0.302. The van der Waals surface area contributed by atoms with Crippen molar-refractivity contribution in [2.45, 2.75) is 13.0 Å². The average molecular weight is 386 g/mol. The summed E-state index contributed by atoms with van der Waals surface area (Å²) in [5, 5.41) is 8.14. The monoisotopic (exact) mass is 386 g/mol. The number of hydrogen-bond donors (Lipinski definition) is 0. The smallest absolute Gasteiger partial charge is 0.280 e. The fraction of sp³-hybridized carbons (Fsp3) is 0.421. The lowest BCUT2D eigenvalue weighted by molar-refractivity contribution is 0.103. The van der Waals surface area contributed by atoms with E-state index < -0.39 is 0 Å². The Morgan fingerprint density at radius 1 is 1.14 bits per heavy atom. The summed E-state index contributed by atoms with van der Waals surface area (Å²) in [5.74, 6) is 2.81. The van der Waals surface area contributed by atoms with Crippen LogP contribution in [0.15, 0.2) is 27.2 Å². The van der Waals surface area contributed by atoms with Gasteiger partial charge in [-0.05, 0) is 32.3 Å². The van der Waals surface area contributed by atoms with Crippen molar-refractivity contribution < 1.29 is 23.3 Å². The van der Waals surface area contributed by atoms with Crippen molar-refractivity contribution in [1.82, 2.24) is 20.2 Å². The molecule has 0 N–H and O–H groups in total. The van der Waals surface area contributed by atoms with E-state index in [9.17, 15) is 0 Å². The summed E-state index contributed by atoms with van der Waals surface area (Å²) >= 11 is 0. The number of methoxy groups -OCH3 is 1. The number of fused-ring (bicyclic) bond motifs is 1. The summed E-state index contributed by atoms with van der Waals surface area (Å²) < 4.78 is 27.5. The molecule has 4 rings (SSSR count). The van der Waals surface area contributed by atoms with Gasteiger partial charge in [-0.3, -0.25) is 0 Å². The van der Waals surface area contributed by atoms with Crippen molar-refractivity contribution in [2.75, 3.05) is 41.0 Å². The second kappa shape index (κ2) is 7.99. The van der Waals surface area contributed by atoms with E-state index in [1.54, 1.807) is 7.11 Å². The van der Waals surface area contributed by atoms with Crippen molar-refractivity contribution in [3.8, 4) is 34.5 Å². The Balaban J connectivity index is 1.56. The van der Waals surface area contributed by atoms with Crippen LogP contribution >= 0.6 is 0 Å². The fourth-order valence-electron chi connectivity index (χ4n) is 2.90. The predicted molar refractivity (Wildman–Crippen MR) is 99.2 cm³/mol. The van der Waals surface area contributed by atoms with Gasteiger partial charge in [-0.15, -0.1) is 0 Å². The van der Waals surface area contributed by atoms with E-state index in [0.29, 0.717) is 55.1 Å². The summed E-state index contributed by atoms with van der Waals surface area (Å²) in [7, 11) is 5.59. The zero-order chi connectivity index (χ0) is 19.5. The van der Waals surface area contributed by atoms with E-state index in [-0.39, 0.29) is 0 Å². The van der Waals surface area contributed by atoms with Gasteiger partial charge in [0.15, 0.2) is 17.2 Å². The van der Waals surface area contributed by atoms with Gasteiger partial charge in [0.2, 0.25) is 5.82 Å². The summed E-state index contributed by atoms with van der Waals surface area (Å²) in [6, 6.07) is 5.52. The molecule has 2 aromatic heterocycles. The highest BCUT2D eigenvalue weighted by Crippen LogP contribution is 2.33. The van der Waals surface area contributed by atoms with Gasteiger partial charge >= 0.3 is 0 Å². The Bertz CT molecular complexity index is 950. The Hall–Kier alpha value is -2.91. The maximum Gasteiger partial charge on any atom is 0.280 e. The molecule has 28 heavy (non-hydrogen) atoms. The molecule has 1 aliphatic rings. The first kappa shape index (κ1) is 18.5. The van der Waals surface area contributed by atoms with Crippen LogP contribution in [0.4, 0.5) is 0 Å². The highest BCUT2D eigenvalue weighted by Gasteiger charge is 2.25. The van der Waals surface area contributed by atoms with Crippen molar-refractivity contribution in [3.63, 3.8) is 0 Å². The van der Waals surface area contributed by atoms with Gasteiger partial charge in [-0.2, -0.15) is 4.98 Å². The maximum atomic E-state index is 5.79. The second-order valence-electron chi connectivity index (χ2n) is 6.68. The molecule has 0 atom stereocenters. The molecule has 9 heteroatoms. The van der Waals surface area contributed by atoms with Crippen molar-refractivity contribution in [1.29, 1.82) is 0 Å². The first-order valence-corrected chi connectivity index (χ1v) is 9.01. The van der Waals surface area contributed by atoms with Crippen molar-refractivity contribution in [2.24, 2.45) is 0 Å². The first-order valence-electron chi connectivity index (χ1n) is 9.01. The molecule has 0 unspecified atom stereocenters. The Morgan fingerprint density at radius 3 is 2.86 bits per heavy atom. The molecular formula is C19H22N4O5. The lowest BCUT2D eigenvalue weighted by atomic mass is 10.1. The molecule has 0 saturated carbocycles. The molecule has 0 radical (unpaired) electrons. The van der Waals surface area contributed by atoms with Gasteiger partial charge in [0.1, 0.15) is 12.4 Å². The minimum absolute atomic E-state index is 0.302. The van der Waals surface area contributed by atoms with Gasteiger partial charge in [0.05, 0.1) is 25.9 Å². The maximum absolute atomic E-state index is 5.79. The number of nitrogens with zero attached hydrogens (tertiary/aromatic N) is 4. The van der Waals surface area contributed by atoms with Crippen LogP contribution in [0.3, 0.4) is 0 Å². The molecule has 1 aromatic carbocycles. The van der Waals surface area contributed by atoms with Crippen LogP contribution in [0.1, 0.15) is 11.3 Å². The zero-order valence-corrected chi connectivity index (χ0v) is 16.1. The number of rotatable bonds is 7. The largest absolute Gasteiger partial charge is 0.493 e. The van der Waals surface area contributed by atoms with Gasteiger partial charge in [0.25, 0.3) is 5.89 Å². The minimum Gasteiger partial charge on any atom is -0.493 e. The molecule has 0 fully saturated rings. The number of aromatic nitrogens is 3. The van der Waals surface area contributed by atoms with Gasteiger partial charge in [-0.25, -0.2) is 0 Å². The van der Waals surface area contributed by atoms with Crippen LogP contribution in [0, 0.1) is 0 Å². The van der Waals surface area contributed by atoms with Crippen LogP contribution in [-0.4, -0.2) is 61.2 Å². The van der Waals surface area contributed by atoms with E-state index in [1.165, 1.54) is 0 Å². The molecule has 0 bridgehead atoms. The Labute approximate surface area is 162 Å². The van der Waals surface area contributed by atoms with Crippen molar-refractivity contribution in [3.05, 3.63) is 29.5 Å². The molecule has 3 aromatic rings. The molecule has 0 aliphatic carbocycles. The van der Waals surface area contributed by atoms with E-state index in [2.05, 4.69) is 20.2 Å². The molecule has 0 saturated heterocycles. The lowest BCUT2D eigenvalue weighted by Crippen LogP contribution is -2.19. The molecule has 9 nitrogen and oxygen atoms in total. The molecule has 3 heterocycles. The highest BCUT2D eigenvalue weighted by molar-refractivity contribution is 5.63. The Morgan fingerprint density at radius 2 is 2.04 bits per heavy atom. The van der Waals surface area contributed by atoms with Crippen molar-refractivity contribution >= 4 is 0 Å². The summed E-state index contributed by atoms with van der Waals surface area (Å²) in [6.45, 7) is 2.43. The van der Waals surface area contributed by atoms with E-state index in [0.717, 1.165) is 23.4 Å². The summed E-state index contributed by atoms with van der Waals surface area (Å²) in [6.07, 6.45) is 0.690. The van der Waals surface area contributed by atoms with E-state index in [4.69, 9.17) is 23.3 Å². The zero-order valence-electron chi connectivity index (χ0n) is 16.1. The Kier molecular flexibility index (Phi) is 5.27. The van der Waals surface area contributed by atoms with Crippen LogP contribution < -0.4 is 9.47 Å². The predicted octanol–water partition coefficient (Wildman–Crippen LogP) is 2.41. The lowest BCUT2D eigenvalue weighted by Gasteiger charge is -2.13. The normalized spacial score (nSPS) is 13.6. The van der Waals surface area contributed by atoms with Crippen LogP contribution in [-0.2, 0) is 17.8 Å². The topological polar surface area (TPSA) is 95.9 Å². The van der Waals surface area contributed by atoms with Crippen LogP contribution in [0.25, 0.3) is 23.0 Å². The quantitative estimate of drug-likeness (QED) is 0.606. The third-order valence-electron chi connectivity index (χ3n) is 4.44. The molecule has 0 spiro atoms. The third-order valence-corrected chi connectivity index (χ3v) is 4.44. The summed E-state index contributed by atoms with van der Waals surface area (Å²) in [4.78, 5) is 6.51. The molecule has 1 aliphatic heterocycles. The van der Waals surface area contributed by atoms with Gasteiger partial charge in [0, 0.05) is 18.5 Å². The number of ether oxygens (including phenoxy) is 3. The molecule has 0 amide bonds. The molecular weight excluding hydrogens is 364 g/mol. The van der Waals surface area contributed by atoms with E-state index >= 15 is 0 Å². The number of hydrogen-bond acceptors (Lipinski definition) is 9. The highest BCUT2D eigenvalue weighted by atomic mass is 16.5. The second-order valence-corrected chi connectivity index (χ2v) is 6.68. The van der Waals surface area contributed by atoms with E-state index in [1.807, 2.05) is 32.3 Å². The first-order chi connectivity index (χ1) is 13.7.